The average Bonchev–Trinajstić information content (AvgIpc) is 3.30. The van der Waals surface area contributed by atoms with E-state index in [1.165, 1.54) is 12.1 Å². The number of carbonyl (C=O) groups excluding carboxylic acids is 1. The van der Waals surface area contributed by atoms with E-state index < -0.39 is 11.7 Å². The van der Waals surface area contributed by atoms with E-state index in [1.807, 2.05) is 0 Å². The van der Waals surface area contributed by atoms with E-state index in [2.05, 4.69) is 20.6 Å². The van der Waals surface area contributed by atoms with E-state index in [-0.39, 0.29) is 23.6 Å². The van der Waals surface area contributed by atoms with Crippen molar-refractivity contribution in [3.63, 3.8) is 0 Å². The minimum absolute atomic E-state index is 0.163. The van der Waals surface area contributed by atoms with Gasteiger partial charge in [-0.25, -0.2) is 9.97 Å². The molecule has 3 rings (SSSR count). The molecule has 0 atom stereocenters. The van der Waals surface area contributed by atoms with Gasteiger partial charge in [0.25, 0.3) is 5.91 Å². The van der Waals surface area contributed by atoms with Gasteiger partial charge < -0.3 is 10.6 Å². The van der Waals surface area contributed by atoms with Crippen LogP contribution < -0.4 is 10.6 Å². The first-order valence-corrected chi connectivity index (χ1v) is 7.42. The Balaban J connectivity index is 1.76. The molecule has 1 aliphatic rings. The van der Waals surface area contributed by atoms with Crippen molar-refractivity contribution >= 4 is 17.5 Å². The lowest BCUT2D eigenvalue weighted by Crippen LogP contribution is -2.26. The maximum absolute atomic E-state index is 12.6. The van der Waals surface area contributed by atoms with Gasteiger partial charge >= 0.3 is 6.18 Å². The molecule has 1 aromatic heterocycles. The summed E-state index contributed by atoms with van der Waals surface area (Å²) in [5.41, 5.74) is 0.481. The number of nitrogens with zero attached hydrogens (tertiary/aromatic N) is 2. The second-order valence-corrected chi connectivity index (χ2v) is 5.67. The molecule has 24 heavy (non-hydrogen) atoms. The Morgan fingerprint density at radius 2 is 1.83 bits per heavy atom. The summed E-state index contributed by atoms with van der Waals surface area (Å²) in [4.78, 5) is 20.3. The van der Waals surface area contributed by atoms with Crippen LogP contribution in [-0.2, 0) is 6.18 Å². The van der Waals surface area contributed by atoms with Gasteiger partial charge in [-0.2, -0.15) is 13.2 Å². The first kappa shape index (κ1) is 16.2. The molecule has 1 heterocycles. The summed E-state index contributed by atoms with van der Waals surface area (Å²) in [5, 5.41) is 5.65. The van der Waals surface area contributed by atoms with Crippen LogP contribution in [0.3, 0.4) is 0 Å². The van der Waals surface area contributed by atoms with Crippen molar-refractivity contribution in [2.75, 3.05) is 5.32 Å². The number of hydrogen-bond donors (Lipinski definition) is 2. The number of halogens is 3. The summed E-state index contributed by atoms with van der Waals surface area (Å²) in [6.07, 6.45) is -2.45. The third-order valence-corrected chi connectivity index (χ3v) is 3.47. The number of amides is 1. The Kier molecular flexibility index (Phi) is 4.13. The molecular weight excluding hydrogens is 321 g/mol. The molecule has 5 nitrogen and oxygen atoms in total. The van der Waals surface area contributed by atoms with Crippen LogP contribution in [-0.4, -0.2) is 21.9 Å². The molecule has 2 N–H and O–H groups in total. The molecule has 126 valence electrons. The highest BCUT2D eigenvalue weighted by Crippen LogP contribution is 2.30. The zero-order valence-electron chi connectivity index (χ0n) is 12.8. The Morgan fingerprint density at radius 3 is 2.42 bits per heavy atom. The van der Waals surface area contributed by atoms with Crippen LogP contribution in [0.2, 0.25) is 0 Å². The highest BCUT2D eigenvalue weighted by molar-refractivity contribution is 5.93. The smallest absolute Gasteiger partial charge is 0.348 e. The number of nitrogens with one attached hydrogen (secondary N) is 2. The summed E-state index contributed by atoms with van der Waals surface area (Å²) < 4.78 is 37.7. The summed E-state index contributed by atoms with van der Waals surface area (Å²) in [6.45, 7) is 1.72. The molecule has 8 heteroatoms. The van der Waals surface area contributed by atoms with Gasteiger partial charge in [0.2, 0.25) is 5.95 Å². The number of carbonyl (C=O) groups is 1. The first-order chi connectivity index (χ1) is 11.3. The van der Waals surface area contributed by atoms with Gasteiger partial charge in [-0.1, -0.05) is 0 Å². The van der Waals surface area contributed by atoms with Crippen molar-refractivity contribution < 1.29 is 18.0 Å². The highest BCUT2D eigenvalue weighted by Gasteiger charge is 2.30. The zero-order chi connectivity index (χ0) is 17.3. The molecule has 0 unspecified atom stereocenters. The van der Waals surface area contributed by atoms with E-state index in [9.17, 15) is 18.0 Å². The highest BCUT2D eigenvalue weighted by atomic mass is 19.4. The second-order valence-electron chi connectivity index (χ2n) is 5.67. The van der Waals surface area contributed by atoms with Crippen LogP contribution in [0.25, 0.3) is 0 Å². The number of benzene rings is 1. The van der Waals surface area contributed by atoms with Crippen LogP contribution in [0, 0.1) is 6.92 Å². The predicted octanol–water partition coefficient (Wildman–Crippen LogP) is 3.44. The maximum atomic E-state index is 12.6. The fourth-order valence-corrected chi connectivity index (χ4v) is 2.10. The van der Waals surface area contributed by atoms with Gasteiger partial charge in [-0.05, 0) is 50.1 Å². The molecule has 0 saturated heterocycles. The number of aromatic nitrogens is 2. The predicted molar refractivity (Wildman–Crippen MR) is 82.0 cm³/mol. The molecule has 1 aliphatic carbocycles. The van der Waals surface area contributed by atoms with Crippen molar-refractivity contribution in [1.82, 2.24) is 15.3 Å². The average molecular weight is 336 g/mol. The molecule has 2 aromatic rings. The normalized spacial score (nSPS) is 14.3. The molecule has 1 aromatic carbocycles. The number of anilines is 2. The summed E-state index contributed by atoms with van der Waals surface area (Å²) >= 11 is 0. The van der Waals surface area contributed by atoms with Crippen molar-refractivity contribution in [1.29, 1.82) is 0 Å². The summed E-state index contributed by atoms with van der Waals surface area (Å²) in [7, 11) is 0. The van der Waals surface area contributed by atoms with Crippen LogP contribution >= 0.6 is 0 Å². The lowest BCUT2D eigenvalue weighted by Gasteiger charge is -2.10. The minimum atomic E-state index is -4.38. The van der Waals surface area contributed by atoms with Crippen molar-refractivity contribution in [2.45, 2.75) is 32.0 Å². The molecule has 0 aliphatic heterocycles. The summed E-state index contributed by atoms with van der Waals surface area (Å²) in [5.74, 6) is -0.117. The quantitative estimate of drug-likeness (QED) is 0.897. The number of alkyl halides is 3. The van der Waals surface area contributed by atoms with Gasteiger partial charge in [0.05, 0.1) is 5.56 Å². The van der Waals surface area contributed by atoms with Gasteiger partial charge in [0.1, 0.15) is 5.69 Å². The van der Waals surface area contributed by atoms with E-state index >= 15 is 0 Å². The second kappa shape index (κ2) is 6.10. The fourth-order valence-electron chi connectivity index (χ4n) is 2.10. The van der Waals surface area contributed by atoms with Crippen molar-refractivity contribution in [3.05, 3.63) is 47.3 Å². The van der Waals surface area contributed by atoms with Crippen molar-refractivity contribution in [2.24, 2.45) is 0 Å². The Labute approximate surface area is 136 Å². The molecule has 1 amide bonds. The molecule has 0 spiro atoms. The maximum Gasteiger partial charge on any atom is 0.416 e. The van der Waals surface area contributed by atoms with Crippen molar-refractivity contribution in [3.8, 4) is 0 Å². The topological polar surface area (TPSA) is 66.9 Å². The van der Waals surface area contributed by atoms with E-state index in [0.717, 1.165) is 25.0 Å². The Morgan fingerprint density at radius 1 is 1.17 bits per heavy atom. The van der Waals surface area contributed by atoms with Gasteiger partial charge in [-0.3, -0.25) is 4.79 Å². The first-order valence-electron chi connectivity index (χ1n) is 7.42. The fraction of sp³-hybridized carbons (Fsp3) is 0.312. The lowest BCUT2D eigenvalue weighted by molar-refractivity contribution is -0.137. The largest absolute Gasteiger partial charge is 0.416 e. The Bertz CT molecular complexity index is 755. The Hall–Kier alpha value is -2.64. The van der Waals surface area contributed by atoms with Crippen LogP contribution in [0.1, 0.15) is 34.6 Å². The molecule has 0 bridgehead atoms. The molecule has 1 fully saturated rings. The number of rotatable bonds is 4. The number of hydrogen-bond acceptors (Lipinski definition) is 4. The van der Waals surface area contributed by atoms with E-state index in [0.29, 0.717) is 11.4 Å². The van der Waals surface area contributed by atoms with E-state index in [4.69, 9.17) is 0 Å². The third kappa shape index (κ3) is 4.01. The van der Waals surface area contributed by atoms with Crippen LogP contribution in [0.15, 0.2) is 30.3 Å². The van der Waals surface area contributed by atoms with E-state index in [1.54, 1.807) is 13.0 Å². The molecule has 0 radical (unpaired) electrons. The standard InChI is InChI=1S/C16H15F3N4O/c1-9-8-13(14(24)21-11-6-7-11)23-15(20-9)22-12-4-2-10(3-5-12)16(17,18)19/h2-5,8,11H,6-7H2,1H3,(H,21,24)(H,20,22,23). The minimum Gasteiger partial charge on any atom is -0.348 e. The van der Waals surface area contributed by atoms with Gasteiger partial charge in [0, 0.05) is 17.4 Å². The lowest BCUT2D eigenvalue weighted by atomic mass is 10.2. The SMILES string of the molecule is Cc1cc(C(=O)NC2CC2)nc(Nc2ccc(C(F)(F)F)cc2)n1. The monoisotopic (exact) mass is 336 g/mol. The van der Waals surface area contributed by atoms with Crippen LogP contribution in [0.5, 0.6) is 0 Å². The molecular formula is C16H15F3N4O. The van der Waals surface area contributed by atoms with Gasteiger partial charge in [-0.15, -0.1) is 0 Å². The van der Waals surface area contributed by atoms with Crippen LogP contribution in [0.4, 0.5) is 24.8 Å². The third-order valence-electron chi connectivity index (χ3n) is 3.47. The van der Waals surface area contributed by atoms with Gasteiger partial charge in [0.15, 0.2) is 0 Å². The summed E-state index contributed by atoms with van der Waals surface area (Å²) in [6, 6.07) is 6.30. The number of aryl methyl sites for hydroxylation is 1. The zero-order valence-corrected chi connectivity index (χ0v) is 12.8. The molecule has 1 saturated carbocycles.